The summed E-state index contributed by atoms with van der Waals surface area (Å²) in [5.74, 6) is -0.324. The molecule has 3 rings (SSSR count). The molecule has 0 saturated carbocycles. The number of carbonyl (C=O) groups is 2. The lowest BCUT2D eigenvalue weighted by Gasteiger charge is -2.20. The molecule has 2 aromatic carbocycles. The van der Waals surface area contributed by atoms with E-state index in [9.17, 15) is 9.59 Å². The van der Waals surface area contributed by atoms with Gasteiger partial charge in [0, 0.05) is 23.8 Å². The second-order valence-corrected chi connectivity index (χ2v) is 7.19. The molecule has 1 aliphatic heterocycles. The van der Waals surface area contributed by atoms with Crippen LogP contribution in [0.5, 0.6) is 0 Å². The van der Waals surface area contributed by atoms with E-state index < -0.39 is 0 Å². The van der Waals surface area contributed by atoms with E-state index >= 15 is 0 Å². The molecule has 2 amide bonds. The van der Waals surface area contributed by atoms with Gasteiger partial charge >= 0.3 is 0 Å². The Morgan fingerprint density at radius 3 is 2.38 bits per heavy atom. The predicted octanol–water partition coefficient (Wildman–Crippen LogP) is 5.43. The zero-order valence-corrected chi connectivity index (χ0v) is 16.2. The highest BCUT2D eigenvalue weighted by atomic mass is 35.5. The van der Waals surface area contributed by atoms with Gasteiger partial charge in [-0.25, -0.2) is 4.90 Å². The molecule has 0 radical (unpaired) electrons. The van der Waals surface area contributed by atoms with Crippen LogP contribution in [0.4, 0.5) is 16.2 Å². The normalized spacial score (nSPS) is 15.8. The molecule has 6 heteroatoms. The first kappa shape index (κ1) is 18.5. The Bertz CT molecular complexity index is 860. The number of halogens is 1. The van der Waals surface area contributed by atoms with E-state index in [1.54, 1.807) is 30.3 Å². The van der Waals surface area contributed by atoms with Crippen LogP contribution in [0.15, 0.2) is 53.4 Å². The second-order valence-electron chi connectivity index (χ2n) is 5.76. The first-order valence-corrected chi connectivity index (χ1v) is 9.61. The summed E-state index contributed by atoms with van der Waals surface area (Å²) in [6.45, 7) is 6.11. The minimum atomic E-state index is -0.324. The van der Waals surface area contributed by atoms with Crippen molar-refractivity contribution in [2.24, 2.45) is 0 Å². The van der Waals surface area contributed by atoms with Crippen molar-refractivity contribution in [1.29, 1.82) is 0 Å². The molecule has 4 nitrogen and oxygen atoms in total. The molecular formula is C20H19ClN2O2S. The highest BCUT2D eigenvalue weighted by Gasteiger charge is 2.36. The first-order valence-electron chi connectivity index (χ1n) is 8.42. The van der Waals surface area contributed by atoms with E-state index in [2.05, 4.69) is 18.7 Å². The van der Waals surface area contributed by atoms with Crippen LogP contribution in [0, 0.1) is 0 Å². The number of carbonyl (C=O) groups excluding carboxylic acids is 2. The summed E-state index contributed by atoms with van der Waals surface area (Å²) in [5.41, 5.74) is 2.51. The quantitative estimate of drug-likeness (QED) is 0.642. The molecule has 1 fully saturated rings. The molecule has 1 heterocycles. The van der Waals surface area contributed by atoms with Crippen molar-refractivity contribution in [3.63, 3.8) is 0 Å². The van der Waals surface area contributed by atoms with Gasteiger partial charge in [0.25, 0.3) is 11.1 Å². The second kappa shape index (κ2) is 7.98. The molecule has 0 bridgehead atoms. The Morgan fingerprint density at radius 2 is 1.77 bits per heavy atom. The largest absolute Gasteiger partial charge is 0.372 e. The Labute approximate surface area is 162 Å². The predicted molar refractivity (Wildman–Crippen MR) is 110 cm³/mol. The number of benzene rings is 2. The number of anilines is 2. The molecule has 0 N–H and O–H groups in total. The number of nitrogens with zero attached hydrogens (tertiary/aromatic N) is 2. The topological polar surface area (TPSA) is 40.6 Å². The van der Waals surface area contributed by atoms with E-state index in [4.69, 9.17) is 11.6 Å². The van der Waals surface area contributed by atoms with Crippen LogP contribution < -0.4 is 9.80 Å². The number of hydrogen-bond acceptors (Lipinski definition) is 4. The third kappa shape index (κ3) is 3.79. The number of hydrogen-bond donors (Lipinski definition) is 0. The Morgan fingerprint density at radius 1 is 1.08 bits per heavy atom. The summed E-state index contributed by atoms with van der Waals surface area (Å²) >= 11 is 6.92. The summed E-state index contributed by atoms with van der Waals surface area (Å²) in [7, 11) is 0. The lowest BCUT2D eigenvalue weighted by molar-refractivity contribution is -0.113. The highest BCUT2D eigenvalue weighted by Crippen LogP contribution is 2.36. The summed E-state index contributed by atoms with van der Waals surface area (Å²) in [4.78, 5) is 28.8. The molecular weight excluding hydrogens is 368 g/mol. The fraction of sp³-hybridized carbons (Fsp3) is 0.200. The van der Waals surface area contributed by atoms with Gasteiger partial charge in [0.2, 0.25) is 0 Å². The summed E-state index contributed by atoms with van der Waals surface area (Å²) in [6, 6.07) is 14.7. The molecule has 26 heavy (non-hydrogen) atoms. The lowest BCUT2D eigenvalue weighted by atomic mass is 10.1. The van der Waals surface area contributed by atoms with Gasteiger partial charge in [-0.05, 0) is 67.6 Å². The van der Waals surface area contributed by atoms with E-state index in [1.807, 2.05) is 24.3 Å². The van der Waals surface area contributed by atoms with E-state index in [0.29, 0.717) is 15.6 Å². The third-order valence-corrected chi connectivity index (χ3v) is 5.28. The van der Waals surface area contributed by atoms with E-state index in [0.717, 1.165) is 41.0 Å². The maximum atomic E-state index is 12.7. The van der Waals surface area contributed by atoms with Crippen molar-refractivity contribution in [3.05, 3.63) is 64.0 Å². The van der Waals surface area contributed by atoms with Gasteiger partial charge in [0.1, 0.15) is 0 Å². The van der Waals surface area contributed by atoms with E-state index in [1.165, 1.54) is 0 Å². The van der Waals surface area contributed by atoms with Crippen molar-refractivity contribution >= 4 is 52.0 Å². The molecule has 0 atom stereocenters. The van der Waals surface area contributed by atoms with Crippen LogP contribution in [0.25, 0.3) is 6.08 Å². The maximum absolute atomic E-state index is 12.7. The molecule has 0 aliphatic carbocycles. The van der Waals surface area contributed by atoms with Gasteiger partial charge in [0.15, 0.2) is 0 Å². The SMILES string of the molecule is CCN(CC)c1ccc(/C=C2\SC(=O)N(c3cccc(Cl)c3)C2=O)cc1. The standard InChI is InChI=1S/C20H19ClN2O2S/c1-3-22(4-2)16-10-8-14(9-11-16)12-18-19(24)23(20(25)26-18)17-7-5-6-15(21)13-17/h5-13H,3-4H2,1-2H3/b18-12-. The zero-order chi connectivity index (χ0) is 18.7. The highest BCUT2D eigenvalue weighted by molar-refractivity contribution is 8.19. The monoisotopic (exact) mass is 386 g/mol. The average Bonchev–Trinajstić information content (AvgIpc) is 2.91. The van der Waals surface area contributed by atoms with Crippen LogP contribution in [0.1, 0.15) is 19.4 Å². The molecule has 0 unspecified atom stereocenters. The summed E-state index contributed by atoms with van der Waals surface area (Å²) in [6.07, 6.45) is 1.75. The van der Waals surface area contributed by atoms with Gasteiger partial charge in [-0.15, -0.1) is 0 Å². The third-order valence-electron chi connectivity index (χ3n) is 4.18. The fourth-order valence-electron chi connectivity index (χ4n) is 2.83. The summed E-state index contributed by atoms with van der Waals surface area (Å²) in [5, 5.41) is 0.167. The van der Waals surface area contributed by atoms with Crippen molar-refractivity contribution in [2.45, 2.75) is 13.8 Å². The zero-order valence-electron chi connectivity index (χ0n) is 14.6. The van der Waals surface area contributed by atoms with Gasteiger partial charge in [-0.3, -0.25) is 9.59 Å². The van der Waals surface area contributed by atoms with Gasteiger partial charge in [-0.2, -0.15) is 0 Å². The average molecular weight is 387 g/mol. The maximum Gasteiger partial charge on any atom is 0.298 e. The van der Waals surface area contributed by atoms with Gasteiger partial charge < -0.3 is 4.90 Å². The van der Waals surface area contributed by atoms with E-state index in [-0.39, 0.29) is 11.1 Å². The van der Waals surface area contributed by atoms with Gasteiger partial charge in [0.05, 0.1) is 10.6 Å². The molecule has 2 aromatic rings. The Hall–Kier alpha value is -2.24. The molecule has 1 saturated heterocycles. The Balaban J connectivity index is 1.84. The smallest absolute Gasteiger partial charge is 0.298 e. The fourth-order valence-corrected chi connectivity index (χ4v) is 3.85. The van der Waals surface area contributed by atoms with Crippen LogP contribution in [0.3, 0.4) is 0 Å². The molecule has 0 spiro atoms. The molecule has 0 aromatic heterocycles. The number of thioether (sulfide) groups is 1. The molecule has 1 aliphatic rings. The number of amides is 2. The van der Waals surface area contributed by atoms with Crippen LogP contribution >= 0.6 is 23.4 Å². The van der Waals surface area contributed by atoms with Crippen molar-refractivity contribution in [3.8, 4) is 0 Å². The van der Waals surface area contributed by atoms with Crippen molar-refractivity contribution in [1.82, 2.24) is 0 Å². The minimum Gasteiger partial charge on any atom is -0.372 e. The van der Waals surface area contributed by atoms with Gasteiger partial charge in [-0.1, -0.05) is 29.8 Å². The first-order chi connectivity index (χ1) is 12.5. The van der Waals surface area contributed by atoms with Crippen molar-refractivity contribution < 1.29 is 9.59 Å². The molecule has 134 valence electrons. The summed E-state index contributed by atoms with van der Waals surface area (Å²) < 4.78 is 0. The van der Waals surface area contributed by atoms with Crippen molar-refractivity contribution in [2.75, 3.05) is 22.9 Å². The number of rotatable bonds is 5. The van der Waals surface area contributed by atoms with Crippen LogP contribution in [0.2, 0.25) is 5.02 Å². The van der Waals surface area contributed by atoms with Crippen LogP contribution in [-0.4, -0.2) is 24.2 Å². The number of imide groups is 1. The van der Waals surface area contributed by atoms with Crippen LogP contribution in [-0.2, 0) is 4.79 Å². The minimum absolute atomic E-state index is 0.316. The lowest BCUT2D eigenvalue weighted by Crippen LogP contribution is -2.27. The Kier molecular flexibility index (Phi) is 5.69.